The lowest BCUT2D eigenvalue weighted by Crippen LogP contribution is -2.36. The lowest BCUT2D eigenvalue weighted by atomic mass is 9.83. The third kappa shape index (κ3) is 3.56. The van der Waals surface area contributed by atoms with E-state index in [4.69, 9.17) is 0 Å². The molecule has 102 valence electrons. The minimum absolute atomic E-state index is 0.0383. The van der Waals surface area contributed by atoms with Gasteiger partial charge in [-0.25, -0.2) is 0 Å². The van der Waals surface area contributed by atoms with Gasteiger partial charge >= 0.3 is 0 Å². The molecule has 1 aromatic rings. The van der Waals surface area contributed by atoms with E-state index < -0.39 is 0 Å². The fraction of sp³-hybridized carbons (Fsp3) is 0.625. The van der Waals surface area contributed by atoms with Gasteiger partial charge in [0.15, 0.2) is 0 Å². The van der Waals surface area contributed by atoms with Crippen LogP contribution in [0.25, 0.3) is 0 Å². The lowest BCUT2D eigenvalue weighted by Gasteiger charge is -2.30. The third-order valence-electron chi connectivity index (χ3n) is 4.28. The second kappa shape index (κ2) is 6.91. The molecule has 0 saturated heterocycles. The van der Waals surface area contributed by atoms with Crippen molar-refractivity contribution in [1.82, 2.24) is 5.32 Å². The molecule has 18 heavy (non-hydrogen) atoms. The Kier molecular flexibility index (Phi) is 5.83. The highest BCUT2D eigenvalue weighted by Gasteiger charge is 2.24. The van der Waals surface area contributed by atoms with Gasteiger partial charge in [-0.3, -0.25) is 0 Å². The molecule has 0 aromatic heterocycles. The summed E-state index contributed by atoms with van der Waals surface area (Å²) in [5.41, 5.74) is 4.10. The highest BCUT2D eigenvalue weighted by atomic mass is 16.3. The number of aliphatic hydroxyl groups is 1. The highest BCUT2D eigenvalue weighted by Crippen LogP contribution is 2.24. The van der Waals surface area contributed by atoms with Crippen LogP contribution in [0.2, 0.25) is 0 Å². The quantitative estimate of drug-likeness (QED) is 0.778. The van der Waals surface area contributed by atoms with Gasteiger partial charge < -0.3 is 10.4 Å². The molecule has 0 saturated carbocycles. The van der Waals surface area contributed by atoms with Gasteiger partial charge in [-0.2, -0.15) is 0 Å². The predicted octanol–water partition coefficient (Wildman–Crippen LogP) is 3.19. The fourth-order valence-corrected chi connectivity index (χ4v) is 2.36. The van der Waals surface area contributed by atoms with Crippen LogP contribution in [0.5, 0.6) is 0 Å². The average molecular weight is 249 g/mol. The SMILES string of the molecule is CCC(CC)(CO)CNCc1c(C)cccc1C. The largest absolute Gasteiger partial charge is 0.396 e. The van der Waals surface area contributed by atoms with Gasteiger partial charge in [0.05, 0.1) is 0 Å². The number of aliphatic hydroxyl groups excluding tert-OH is 1. The molecule has 0 heterocycles. The molecule has 2 nitrogen and oxygen atoms in total. The molecule has 0 aliphatic rings. The normalized spacial score (nSPS) is 11.8. The smallest absolute Gasteiger partial charge is 0.0499 e. The van der Waals surface area contributed by atoms with Crippen molar-refractivity contribution in [3.8, 4) is 0 Å². The van der Waals surface area contributed by atoms with Crippen LogP contribution in [0.3, 0.4) is 0 Å². The molecular formula is C16H27NO. The summed E-state index contributed by atoms with van der Waals surface area (Å²) in [5.74, 6) is 0. The van der Waals surface area contributed by atoms with Gasteiger partial charge in [-0.05, 0) is 43.4 Å². The Morgan fingerprint density at radius 3 is 2.11 bits per heavy atom. The van der Waals surface area contributed by atoms with Crippen LogP contribution in [0.15, 0.2) is 18.2 Å². The monoisotopic (exact) mass is 249 g/mol. The second-order valence-corrected chi connectivity index (χ2v) is 5.34. The Balaban J connectivity index is 2.61. The first kappa shape index (κ1) is 15.2. The molecule has 1 aromatic carbocycles. The summed E-state index contributed by atoms with van der Waals surface area (Å²) >= 11 is 0. The number of rotatable bonds is 7. The first-order valence-corrected chi connectivity index (χ1v) is 6.95. The minimum Gasteiger partial charge on any atom is -0.396 e. The van der Waals surface area contributed by atoms with Gasteiger partial charge in [0.25, 0.3) is 0 Å². The maximum absolute atomic E-state index is 9.54. The highest BCUT2D eigenvalue weighted by molar-refractivity contribution is 5.33. The van der Waals surface area contributed by atoms with Crippen molar-refractivity contribution >= 4 is 0 Å². The van der Waals surface area contributed by atoms with Gasteiger partial charge in [0.2, 0.25) is 0 Å². The van der Waals surface area contributed by atoms with Crippen molar-refractivity contribution in [2.45, 2.75) is 47.1 Å². The van der Waals surface area contributed by atoms with E-state index in [1.165, 1.54) is 16.7 Å². The Labute approximate surface area is 111 Å². The summed E-state index contributed by atoms with van der Waals surface area (Å²) < 4.78 is 0. The van der Waals surface area contributed by atoms with Crippen LogP contribution >= 0.6 is 0 Å². The molecule has 0 unspecified atom stereocenters. The second-order valence-electron chi connectivity index (χ2n) is 5.34. The van der Waals surface area contributed by atoms with Crippen LogP contribution in [0, 0.1) is 19.3 Å². The zero-order chi connectivity index (χ0) is 13.6. The first-order valence-electron chi connectivity index (χ1n) is 6.95. The first-order chi connectivity index (χ1) is 8.58. The van der Waals surface area contributed by atoms with Crippen molar-refractivity contribution in [3.63, 3.8) is 0 Å². The molecule has 2 heteroatoms. The molecule has 0 amide bonds. The van der Waals surface area contributed by atoms with Crippen molar-refractivity contribution in [1.29, 1.82) is 0 Å². The van der Waals surface area contributed by atoms with Crippen LogP contribution in [-0.2, 0) is 6.54 Å². The fourth-order valence-electron chi connectivity index (χ4n) is 2.36. The van der Waals surface area contributed by atoms with E-state index in [9.17, 15) is 5.11 Å². The molecule has 0 fully saturated rings. The molecule has 1 rings (SSSR count). The van der Waals surface area contributed by atoms with Crippen molar-refractivity contribution in [2.24, 2.45) is 5.41 Å². The molecule has 2 N–H and O–H groups in total. The Morgan fingerprint density at radius 2 is 1.67 bits per heavy atom. The summed E-state index contributed by atoms with van der Waals surface area (Å²) in [6.45, 7) is 10.6. The molecule has 0 aliphatic carbocycles. The van der Waals surface area contributed by atoms with Crippen molar-refractivity contribution < 1.29 is 5.11 Å². The Bertz CT molecular complexity index is 341. The average Bonchev–Trinajstić information content (AvgIpc) is 2.38. The Hall–Kier alpha value is -0.860. The van der Waals surface area contributed by atoms with E-state index in [2.05, 4.69) is 51.2 Å². The number of benzene rings is 1. The predicted molar refractivity (Wildman–Crippen MR) is 77.7 cm³/mol. The number of aryl methyl sites for hydroxylation is 2. The minimum atomic E-state index is 0.0383. The number of hydrogen-bond donors (Lipinski definition) is 2. The summed E-state index contributed by atoms with van der Waals surface area (Å²) in [6, 6.07) is 6.41. The van der Waals surface area contributed by atoms with Crippen LogP contribution < -0.4 is 5.32 Å². The van der Waals surface area contributed by atoms with Gasteiger partial charge in [0, 0.05) is 25.1 Å². The van der Waals surface area contributed by atoms with Crippen LogP contribution in [0.1, 0.15) is 43.4 Å². The zero-order valence-corrected chi connectivity index (χ0v) is 12.2. The van der Waals surface area contributed by atoms with E-state index >= 15 is 0 Å². The maximum atomic E-state index is 9.54. The molecule has 0 spiro atoms. The molecule has 0 bridgehead atoms. The van der Waals surface area contributed by atoms with Crippen LogP contribution in [-0.4, -0.2) is 18.3 Å². The summed E-state index contributed by atoms with van der Waals surface area (Å²) in [4.78, 5) is 0. The van der Waals surface area contributed by atoms with Crippen LogP contribution in [0.4, 0.5) is 0 Å². The van der Waals surface area contributed by atoms with Gasteiger partial charge in [-0.15, -0.1) is 0 Å². The van der Waals surface area contributed by atoms with E-state index in [0.717, 1.165) is 25.9 Å². The molecule has 0 radical (unpaired) electrons. The molecule has 0 aliphatic heterocycles. The van der Waals surface area contributed by atoms with E-state index in [0.29, 0.717) is 0 Å². The summed E-state index contributed by atoms with van der Waals surface area (Å²) in [5, 5.41) is 13.1. The topological polar surface area (TPSA) is 32.3 Å². The van der Waals surface area contributed by atoms with E-state index in [1.807, 2.05) is 0 Å². The van der Waals surface area contributed by atoms with Gasteiger partial charge in [0.1, 0.15) is 0 Å². The van der Waals surface area contributed by atoms with Gasteiger partial charge in [-0.1, -0.05) is 32.0 Å². The number of nitrogens with one attached hydrogen (secondary N) is 1. The Morgan fingerprint density at radius 1 is 1.11 bits per heavy atom. The lowest BCUT2D eigenvalue weighted by molar-refractivity contribution is 0.113. The molecule has 0 atom stereocenters. The number of hydrogen-bond acceptors (Lipinski definition) is 2. The summed E-state index contributed by atoms with van der Waals surface area (Å²) in [6.07, 6.45) is 2.03. The van der Waals surface area contributed by atoms with E-state index in [1.54, 1.807) is 0 Å². The van der Waals surface area contributed by atoms with Crippen molar-refractivity contribution in [2.75, 3.05) is 13.2 Å². The standard InChI is InChI=1S/C16H27NO/c1-5-16(6-2,12-18)11-17-10-15-13(3)8-7-9-14(15)4/h7-9,17-18H,5-6,10-12H2,1-4H3. The zero-order valence-electron chi connectivity index (χ0n) is 12.2. The molecular weight excluding hydrogens is 222 g/mol. The summed E-state index contributed by atoms with van der Waals surface area (Å²) in [7, 11) is 0. The maximum Gasteiger partial charge on any atom is 0.0499 e. The van der Waals surface area contributed by atoms with Crippen molar-refractivity contribution in [3.05, 3.63) is 34.9 Å². The van der Waals surface area contributed by atoms with E-state index in [-0.39, 0.29) is 12.0 Å². The third-order valence-corrected chi connectivity index (χ3v) is 4.28.